The molecule has 0 bridgehead atoms. The molecule has 2 aromatic rings. The van der Waals surface area contributed by atoms with Crippen molar-refractivity contribution in [1.29, 1.82) is 0 Å². The molecule has 5 heteroatoms. The number of rotatable bonds is 3. The molecule has 0 atom stereocenters. The molecule has 5 nitrogen and oxygen atoms in total. The molecule has 2 aliphatic heterocycles. The Morgan fingerprint density at radius 2 is 1.96 bits per heavy atom. The first-order chi connectivity index (χ1) is 13.7. The molecule has 1 aromatic carbocycles. The number of hydrogen-bond donors (Lipinski definition) is 1. The number of benzene rings is 1. The van der Waals surface area contributed by atoms with Gasteiger partial charge < -0.3 is 5.32 Å². The van der Waals surface area contributed by atoms with E-state index in [1.807, 2.05) is 23.5 Å². The van der Waals surface area contributed by atoms with Crippen molar-refractivity contribution in [2.45, 2.75) is 50.4 Å². The van der Waals surface area contributed by atoms with Crippen molar-refractivity contribution in [2.75, 3.05) is 4.90 Å². The lowest BCUT2D eigenvalue weighted by Crippen LogP contribution is -2.20. The molecule has 28 heavy (non-hydrogen) atoms. The third-order valence-corrected chi connectivity index (χ3v) is 6.58. The van der Waals surface area contributed by atoms with Gasteiger partial charge >= 0.3 is 0 Å². The average Bonchev–Trinajstić information content (AvgIpc) is 3.28. The Balaban J connectivity index is 1.28. The second kappa shape index (κ2) is 5.77. The summed E-state index contributed by atoms with van der Waals surface area (Å²) < 4.78 is 0. The fraction of sp³-hybridized carbons (Fsp3) is 0.348. The van der Waals surface area contributed by atoms with Crippen molar-refractivity contribution in [2.24, 2.45) is 4.99 Å². The molecule has 1 spiro atoms. The number of aromatic nitrogens is 2. The van der Waals surface area contributed by atoms with Gasteiger partial charge in [-0.2, -0.15) is 0 Å². The summed E-state index contributed by atoms with van der Waals surface area (Å²) in [6.07, 6.45) is 13.7. The minimum atomic E-state index is 0.479. The van der Waals surface area contributed by atoms with Crippen LogP contribution < -0.4 is 10.2 Å². The molecule has 0 radical (unpaired) electrons. The molecular weight excluding hydrogens is 346 g/mol. The molecule has 4 aliphatic rings. The first kappa shape index (κ1) is 16.0. The lowest BCUT2D eigenvalue weighted by Gasteiger charge is -2.20. The third kappa shape index (κ3) is 2.35. The molecule has 0 unspecified atom stereocenters. The van der Waals surface area contributed by atoms with E-state index in [-0.39, 0.29) is 0 Å². The second-order valence-corrected chi connectivity index (χ2v) is 8.33. The van der Waals surface area contributed by atoms with E-state index < -0.39 is 0 Å². The molecule has 3 heterocycles. The summed E-state index contributed by atoms with van der Waals surface area (Å²) in [6, 6.07) is 6.76. The number of hydrogen-bond acceptors (Lipinski definition) is 5. The highest BCUT2D eigenvalue weighted by molar-refractivity contribution is 5.68. The number of aliphatic imine (C=N–C) groups is 1. The topological polar surface area (TPSA) is 53.4 Å². The second-order valence-electron chi connectivity index (χ2n) is 8.33. The highest BCUT2D eigenvalue weighted by Crippen LogP contribution is 2.57. The molecule has 0 amide bonds. The van der Waals surface area contributed by atoms with Crippen molar-refractivity contribution < 1.29 is 0 Å². The Labute approximate surface area is 164 Å². The van der Waals surface area contributed by atoms with Crippen LogP contribution in [-0.2, 0) is 18.3 Å². The number of fused-ring (bicyclic) bond motifs is 2. The van der Waals surface area contributed by atoms with Crippen molar-refractivity contribution in [3.8, 4) is 0 Å². The van der Waals surface area contributed by atoms with Crippen molar-refractivity contribution in [1.82, 2.24) is 15.3 Å². The number of aryl methyl sites for hydroxylation is 1. The predicted molar refractivity (Wildman–Crippen MR) is 110 cm³/mol. The maximum absolute atomic E-state index is 4.69. The maximum Gasteiger partial charge on any atom is 0.158 e. The van der Waals surface area contributed by atoms with E-state index in [9.17, 15) is 0 Å². The fourth-order valence-corrected chi connectivity index (χ4v) is 5.06. The van der Waals surface area contributed by atoms with Crippen molar-refractivity contribution >= 4 is 11.9 Å². The lowest BCUT2D eigenvalue weighted by molar-refractivity contribution is 0.675. The first-order valence-electron chi connectivity index (χ1n) is 10.2. The zero-order valence-corrected chi connectivity index (χ0v) is 15.9. The number of anilines is 1. The molecule has 1 fully saturated rings. The van der Waals surface area contributed by atoms with Crippen LogP contribution in [0, 0.1) is 0 Å². The standard InChI is InChI=1S/C23H23N5/c1-15-27-19-6-3-11-24-22(19)28(15)18-13-25-20(26-14-18)12-17-5-2-4-16-7-8-23(9-10-23)21(16)17/h2,4-5,11,13-14,27H,1,3,6-10,12H2. The largest absolute Gasteiger partial charge is 0.342 e. The molecule has 6 rings (SSSR count). The van der Waals surface area contributed by atoms with Crippen molar-refractivity contribution in [3.63, 3.8) is 0 Å². The monoisotopic (exact) mass is 369 g/mol. The van der Waals surface area contributed by atoms with Gasteiger partial charge in [0.1, 0.15) is 11.6 Å². The fourth-order valence-electron chi connectivity index (χ4n) is 5.06. The minimum Gasteiger partial charge on any atom is -0.342 e. The maximum atomic E-state index is 4.69. The van der Waals surface area contributed by atoms with Gasteiger partial charge in [0.05, 0.1) is 23.8 Å². The van der Waals surface area contributed by atoms with E-state index in [0.29, 0.717) is 5.41 Å². The van der Waals surface area contributed by atoms with Gasteiger partial charge in [-0.25, -0.2) is 15.0 Å². The van der Waals surface area contributed by atoms with Gasteiger partial charge in [-0.05, 0) is 60.6 Å². The summed E-state index contributed by atoms with van der Waals surface area (Å²) in [5.74, 6) is 2.61. The zero-order valence-electron chi connectivity index (χ0n) is 15.9. The Morgan fingerprint density at radius 3 is 2.79 bits per heavy atom. The van der Waals surface area contributed by atoms with Gasteiger partial charge in [-0.3, -0.25) is 4.90 Å². The van der Waals surface area contributed by atoms with Crippen LogP contribution in [0.3, 0.4) is 0 Å². The Hall–Kier alpha value is -2.95. The Bertz CT molecular complexity index is 1040. The molecule has 1 saturated carbocycles. The van der Waals surface area contributed by atoms with Gasteiger partial charge in [0.15, 0.2) is 5.82 Å². The van der Waals surface area contributed by atoms with E-state index in [1.54, 1.807) is 11.1 Å². The Morgan fingerprint density at radius 1 is 1.11 bits per heavy atom. The molecule has 1 aromatic heterocycles. The Kier molecular flexibility index (Phi) is 3.31. The van der Waals surface area contributed by atoms with E-state index in [4.69, 9.17) is 0 Å². The number of nitrogens with zero attached hydrogens (tertiary/aromatic N) is 4. The van der Waals surface area contributed by atoms with Crippen LogP contribution in [0.1, 0.15) is 54.6 Å². The van der Waals surface area contributed by atoms with Crippen LogP contribution in [0.15, 0.2) is 59.5 Å². The average molecular weight is 369 g/mol. The van der Waals surface area contributed by atoms with Crippen LogP contribution >= 0.6 is 0 Å². The van der Waals surface area contributed by atoms with Crippen LogP contribution in [0.25, 0.3) is 0 Å². The normalized spacial score (nSPS) is 21.1. The zero-order chi connectivity index (χ0) is 18.7. The predicted octanol–water partition coefficient (Wildman–Crippen LogP) is 3.96. The summed E-state index contributed by atoms with van der Waals surface area (Å²) in [7, 11) is 0. The van der Waals surface area contributed by atoms with Crippen LogP contribution in [0.5, 0.6) is 0 Å². The highest BCUT2D eigenvalue weighted by Gasteiger charge is 2.49. The number of nitrogens with one attached hydrogen (secondary N) is 1. The van der Waals surface area contributed by atoms with Gasteiger partial charge in [0.25, 0.3) is 0 Å². The van der Waals surface area contributed by atoms with Gasteiger partial charge in [-0.15, -0.1) is 0 Å². The first-order valence-corrected chi connectivity index (χ1v) is 10.2. The van der Waals surface area contributed by atoms with Gasteiger partial charge in [0, 0.05) is 12.6 Å². The van der Waals surface area contributed by atoms with Gasteiger partial charge in [-0.1, -0.05) is 24.8 Å². The summed E-state index contributed by atoms with van der Waals surface area (Å²) in [6.45, 7) is 4.13. The lowest BCUT2D eigenvalue weighted by atomic mass is 9.91. The molecule has 1 N–H and O–H groups in total. The summed E-state index contributed by atoms with van der Waals surface area (Å²) in [5, 5.41) is 3.34. The molecule has 0 saturated heterocycles. The SMILES string of the molecule is C=C1NC2=C(N=CCC2)N1c1cnc(Cc2cccc3c2C2(CC3)CC2)nc1. The molecule has 140 valence electrons. The van der Waals surface area contributed by atoms with Crippen LogP contribution in [0.2, 0.25) is 0 Å². The van der Waals surface area contributed by atoms with Gasteiger partial charge in [0.2, 0.25) is 0 Å². The van der Waals surface area contributed by atoms with E-state index in [2.05, 4.69) is 45.1 Å². The number of allylic oxidation sites excluding steroid dienone is 1. The summed E-state index contributed by atoms with van der Waals surface area (Å²) in [5.41, 5.74) is 7.07. The van der Waals surface area contributed by atoms with E-state index in [1.165, 1.54) is 31.2 Å². The van der Waals surface area contributed by atoms with Crippen molar-refractivity contribution in [3.05, 3.63) is 77.0 Å². The smallest absolute Gasteiger partial charge is 0.158 e. The van der Waals surface area contributed by atoms with E-state index >= 15 is 0 Å². The quantitative estimate of drug-likeness (QED) is 0.890. The van der Waals surface area contributed by atoms with E-state index in [0.717, 1.165) is 48.1 Å². The third-order valence-electron chi connectivity index (χ3n) is 6.58. The van der Waals surface area contributed by atoms with Crippen LogP contribution in [-0.4, -0.2) is 16.2 Å². The molecule has 2 aliphatic carbocycles. The minimum absolute atomic E-state index is 0.479. The summed E-state index contributed by atoms with van der Waals surface area (Å²) >= 11 is 0. The van der Waals surface area contributed by atoms with Crippen LogP contribution in [0.4, 0.5) is 5.69 Å². The highest BCUT2D eigenvalue weighted by atomic mass is 15.4. The summed E-state index contributed by atoms with van der Waals surface area (Å²) in [4.78, 5) is 15.9. The molecular formula is C23H23N5.